The maximum absolute atomic E-state index is 2.58. The van der Waals surface area contributed by atoms with Crippen LogP contribution in [-0.2, 0) is 0 Å². The molecule has 168 valence electrons. The lowest BCUT2D eigenvalue weighted by molar-refractivity contribution is -0.253. The van der Waals surface area contributed by atoms with Crippen LogP contribution in [0.1, 0.15) is 111 Å². The van der Waals surface area contributed by atoms with E-state index in [0.29, 0.717) is 45.3 Å². The highest BCUT2D eigenvalue weighted by molar-refractivity contribution is 5.15. The van der Waals surface area contributed by atoms with Crippen molar-refractivity contribution in [2.45, 2.75) is 111 Å². The van der Waals surface area contributed by atoms with Crippen molar-refractivity contribution in [2.24, 2.45) is 69.0 Å². The van der Waals surface area contributed by atoms with E-state index in [4.69, 9.17) is 0 Å². The summed E-state index contributed by atoms with van der Waals surface area (Å²) in [5, 5.41) is 0. The third-order valence-corrected chi connectivity index (χ3v) is 10.9. The molecule has 1 fully saturated rings. The number of rotatable bonds is 8. The first kappa shape index (κ1) is 26.0. The lowest BCUT2D eigenvalue weighted by Crippen LogP contribution is -2.68. The van der Waals surface area contributed by atoms with Gasteiger partial charge in [0.15, 0.2) is 0 Å². The van der Waals surface area contributed by atoms with E-state index in [-0.39, 0.29) is 0 Å². The topological polar surface area (TPSA) is 0 Å². The van der Waals surface area contributed by atoms with Crippen LogP contribution in [0, 0.1) is 69.0 Å². The van der Waals surface area contributed by atoms with Crippen molar-refractivity contribution in [3.8, 4) is 0 Å². The van der Waals surface area contributed by atoms with Crippen LogP contribution in [0.15, 0.2) is 0 Å². The fourth-order valence-electron chi connectivity index (χ4n) is 5.99. The van der Waals surface area contributed by atoms with Gasteiger partial charge in [-0.25, -0.2) is 0 Å². The summed E-state index contributed by atoms with van der Waals surface area (Å²) in [6.07, 6.45) is 0. The Bertz CT molecular complexity index is 408. The Morgan fingerprint density at radius 3 is 0.500 bits per heavy atom. The highest BCUT2D eigenvalue weighted by atomic mass is 14.7. The highest BCUT2D eigenvalue weighted by Gasteiger charge is 2.68. The van der Waals surface area contributed by atoms with Gasteiger partial charge in [-0.2, -0.15) is 0 Å². The monoisotopic (exact) mass is 392 g/mol. The van der Waals surface area contributed by atoms with Crippen LogP contribution < -0.4 is 0 Å². The second-order valence-electron chi connectivity index (χ2n) is 14.0. The number of hydrogen-bond donors (Lipinski definition) is 0. The summed E-state index contributed by atoms with van der Waals surface area (Å²) in [5.41, 5.74) is 1.43. The van der Waals surface area contributed by atoms with Crippen LogP contribution in [0.25, 0.3) is 0 Å². The fraction of sp³-hybridized carbons (Fsp3) is 1.00. The second kappa shape index (κ2) is 7.92. The van der Waals surface area contributed by atoms with E-state index in [1.807, 2.05) is 0 Å². The third kappa shape index (κ3) is 3.97. The van der Waals surface area contributed by atoms with E-state index in [1.54, 1.807) is 0 Å². The number of hydrogen-bond acceptors (Lipinski definition) is 0. The summed E-state index contributed by atoms with van der Waals surface area (Å²) < 4.78 is 0. The van der Waals surface area contributed by atoms with Gasteiger partial charge in [-0.1, -0.05) is 111 Å². The molecule has 1 aliphatic carbocycles. The summed E-state index contributed by atoms with van der Waals surface area (Å²) in [6.45, 7) is 40.3. The van der Waals surface area contributed by atoms with Crippen molar-refractivity contribution >= 4 is 0 Å². The van der Waals surface area contributed by atoms with Gasteiger partial charge in [0.05, 0.1) is 0 Å². The normalized spacial score (nSPS) is 27.9. The summed E-state index contributed by atoms with van der Waals surface area (Å²) >= 11 is 0. The highest BCUT2D eigenvalue weighted by Crippen LogP contribution is 2.72. The fourth-order valence-corrected chi connectivity index (χ4v) is 5.99. The smallest absolute Gasteiger partial charge is 0.0287 e. The van der Waals surface area contributed by atoms with Gasteiger partial charge in [0.1, 0.15) is 0 Å². The Hall–Kier alpha value is 0. The van der Waals surface area contributed by atoms with Gasteiger partial charge in [0.2, 0.25) is 0 Å². The molecule has 1 saturated carbocycles. The first-order valence-corrected chi connectivity index (χ1v) is 12.3. The zero-order chi connectivity index (χ0) is 22.6. The van der Waals surface area contributed by atoms with Gasteiger partial charge < -0.3 is 0 Å². The third-order valence-electron chi connectivity index (χ3n) is 10.9. The predicted molar refractivity (Wildman–Crippen MR) is 128 cm³/mol. The van der Waals surface area contributed by atoms with Gasteiger partial charge in [-0.15, -0.1) is 0 Å². The molecule has 0 heteroatoms. The van der Waals surface area contributed by atoms with Crippen LogP contribution in [-0.4, -0.2) is 0 Å². The molecular formula is C28H56. The van der Waals surface area contributed by atoms with Crippen LogP contribution >= 0.6 is 0 Å². The molecule has 0 aromatic carbocycles. The minimum absolute atomic E-state index is 0.358. The molecule has 0 unspecified atom stereocenters. The maximum Gasteiger partial charge on any atom is -0.0287 e. The first-order valence-electron chi connectivity index (χ1n) is 12.3. The quantitative estimate of drug-likeness (QED) is 0.386. The van der Waals surface area contributed by atoms with Crippen molar-refractivity contribution in [1.82, 2.24) is 0 Å². The largest absolute Gasteiger partial charge is 0.0623 e. The van der Waals surface area contributed by atoms with Crippen LogP contribution in [0.5, 0.6) is 0 Å². The lowest BCUT2D eigenvalue weighted by atomic mass is 9.32. The maximum atomic E-state index is 2.58. The van der Waals surface area contributed by atoms with Crippen molar-refractivity contribution in [1.29, 1.82) is 0 Å². The molecule has 28 heavy (non-hydrogen) atoms. The molecule has 0 heterocycles. The van der Waals surface area contributed by atoms with Crippen molar-refractivity contribution < 1.29 is 0 Å². The van der Waals surface area contributed by atoms with Crippen molar-refractivity contribution in [3.05, 3.63) is 0 Å². The molecule has 0 aromatic heterocycles. The zero-order valence-electron chi connectivity index (χ0n) is 22.6. The minimum atomic E-state index is 0.358. The molecule has 0 bridgehead atoms. The van der Waals surface area contributed by atoms with E-state index < -0.39 is 0 Å². The first-order chi connectivity index (χ1) is 12.3. The molecule has 0 saturated heterocycles. The summed E-state index contributed by atoms with van der Waals surface area (Å²) in [6, 6.07) is 0. The molecule has 0 amide bonds. The molecule has 0 N–H and O–H groups in total. The van der Waals surface area contributed by atoms with E-state index in [9.17, 15) is 0 Å². The lowest BCUT2D eigenvalue weighted by Gasteiger charge is -2.73. The van der Waals surface area contributed by atoms with Crippen LogP contribution in [0.3, 0.4) is 0 Å². The Morgan fingerprint density at radius 2 is 0.429 bits per heavy atom. The summed E-state index contributed by atoms with van der Waals surface area (Å²) in [5.74, 6) is 5.95. The zero-order valence-corrected chi connectivity index (χ0v) is 22.6. The van der Waals surface area contributed by atoms with Crippen molar-refractivity contribution in [2.75, 3.05) is 0 Å². The second-order valence-corrected chi connectivity index (χ2v) is 14.0. The van der Waals surface area contributed by atoms with Gasteiger partial charge in [-0.05, 0) is 69.0 Å². The van der Waals surface area contributed by atoms with Gasteiger partial charge in [-0.3, -0.25) is 0 Å². The van der Waals surface area contributed by atoms with Crippen LogP contribution in [0.4, 0.5) is 0 Å². The van der Waals surface area contributed by atoms with Crippen molar-refractivity contribution in [3.63, 3.8) is 0 Å². The minimum Gasteiger partial charge on any atom is -0.0623 e. The molecule has 0 nitrogen and oxygen atoms in total. The Labute approximate surface area is 180 Å². The van der Waals surface area contributed by atoms with E-state index in [1.165, 1.54) is 0 Å². The van der Waals surface area contributed by atoms with Crippen LogP contribution in [0.2, 0.25) is 0 Å². The molecule has 1 rings (SSSR count). The molecule has 0 radical (unpaired) electrons. The Kier molecular flexibility index (Phi) is 7.37. The Balaban J connectivity index is 3.76. The SMILES string of the molecule is CC(C)C(C)(C)C1C(C(C)(C)C(C)C)C(C(C)(C)C(C)C)C1C(C)(C)C(C)C. The van der Waals surface area contributed by atoms with Gasteiger partial charge in [0, 0.05) is 0 Å². The summed E-state index contributed by atoms with van der Waals surface area (Å²) in [4.78, 5) is 0. The molecule has 1 aliphatic rings. The van der Waals surface area contributed by atoms with Gasteiger partial charge >= 0.3 is 0 Å². The predicted octanol–water partition coefficient (Wildman–Crippen LogP) is 9.19. The summed E-state index contributed by atoms with van der Waals surface area (Å²) in [7, 11) is 0. The Morgan fingerprint density at radius 1 is 0.321 bits per heavy atom. The molecule has 0 spiro atoms. The average Bonchev–Trinajstić information content (AvgIpc) is 2.43. The van der Waals surface area contributed by atoms with E-state index >= 15 is 0 Å². The van der Waals surface area contributed by atoms with Gasteiger partial charge in [0.25, 0.3) is 0 Å². The molecule has 0 aliphatic heterocycles. The molecular weight excluding hydrogens is 336 g/mol. The van der Waals surface area contributed by atoms with E-state index in [0.717, 1.165) is 23.7 Å². The standard InChI is InChI=1S/C28H56/c1-17(2)25(9,10)21-22(26(11,12)18(3)4)24(28(15,16)20(7)8)23(21)27(13,14)19(5)6/h17-24H,1-16H3. The molecule has 0 atom stereocenters. The molecule has 0 aromatic rings. The average molecular weight is 393 g/mol. The van der Waals surface area contributed by atoms with E-state index in [2.05, 4.69) is 111 Å².